The summed E-state index contributed by atoms with van der Waals surface area (Å²) in [6, 6.07) is 10.4. The Morgan fingerprint density at radius 1 is 1.13 bits per heavy atom. The van der Waals surface area contributed by atoms with Gasteiger partial charge in [-0.1, -0.05) is 17.7 Å². The summed E-state index contributed by atoms with van der Waals surface area (Å²) in [5, 5.41) is 8.88. The van der Waals surface area contributed by atoms with Gasteiger partial charge in [-0.15, -0.1) is 22.0 Å². The molecular formula is C19H12ClF4N3O2S. The summed E-state index contributed by atoms with van der Waals surface area (Å²) in [4.78, 5) is 13.5. The normalized spacial score (nSPS) is 11.3. The maximum Gasteiger partial charge on any atom is 0.435 e. The van der Waals surface area contributed by atoms with E-state index in [1.807, 2.05) is 6.26 Å². The number of benzene rings is 2. The number of nitrogens with zero attached hydrogens (tertiary/aromatic N) is 2. The molecule has 0 spiro atoms. The number of amides is 1. The molecule has 0 saturated heterocycles. The van der Waals surface area contributed by atoms with Crippen molar-refractivity contribution in [3.63, 3.8) is 0 Å². The van der Waals surface area contributed by atoms with Crippen LogP contribution in [0.1, 0.15) is 16.1 Å². The summed E-state index contributed by atoms with van der Waals surface area (Å²) in [6.45, 7) is 0. The van der Waals surface area contributed by atoms with Crippen LogP contribution in [0, 0.1) is 5.82 Å². The van der Waals surface area contributed by atoms with E-state index in [4.69, 9.17) is 16.3 Å². The lowest BCUT2D eigenvalue weighted by atomic mass is 10.2. The standard InChI is InChI=1S/C19H12ClF4N3O2S/c1-30-12-4-2-3-11(8-12)25-17(28)13-9-16(19(22,23)24)26-27-18(13)29-15-7-10(21)5-6-14(15)20/h2-9H,1H3,(H,25,28). The predicted octanol–water partition coefficient (Wildman–Crippen LogP) is 6.05. The van der Waals surface area contributed by atoms with Crippen molar-refractivity contribution < 1.29 is 27.1 Å². The van der Waals surface area contributed by atoms with Gasteiger partial charge in [0.2, 0.25) is 0 Å². The number of rotatable bonds is 5. The lowest BCUT2D eigenvalue weighted by Gasteiger charge is -2.13. The van der Waals surface area contributed by atoms with Gasteiger partial charge in [0.1, 0.15) is 11.4 Å². The minimum Gasteiger partial charge on any atom is -0.435 e. The zero-order valence-electron chi connectivity index (χ0n) is 15.1. The van der Waals surface area contributed by atoms with Gasteiger partial charge in [0.25, 0.3) is 11.8 Å². The number of hydrogen-bond donors (Lipinski definition) is 1. The van der Waals surface area contributed by atoms with Gasteiger partial charge in [0, 0.05) is 16.6 Å². The molecular weight excluding hydrogens is 446 g/mol. The van der Waals surface area contributed by atoms with E-state index in [9.17, 15) is 22.4 Å². The molecule has 1 heterocycles. The Labute approximate surface area is 177 Å². The molecule has 0 fully saturated rings. The summed E-state index contributed by atoms with van der Waals surface area (Å²) in [6.07, 6.45) is -3.01. The van der Waals surface area contributed by atoms with Gasteiger partial charge >= 0.3 is 6.18 Å². The second-order valence-corrected chi connectivity index (χ2v) is 7.10. The number of carbonyl (C=O) groups excluding carboxylic acids is 1. The van der Waals surface area contributed by atoms with Crippen molar-refractivity contribution >= 4 is 35.0 Å². The van der Waals surface area contributed by atoms with Gasteiger partial charge in [-0.25, -0.2) is 4.39 Å². The van der Waals surface area contributed by atoms with E-state index in [0.717, 1.165) is 17.0 Å². The van der Waals surface area contributed by atoms with Crippen molar-refractivity contribution in [1.29, 1.82) is 0 Å². The maximum atomic E-state index is 13.5. The van der Waals surface area contributed by atoms with Crippen LogP contribution in [0.25, 0.3) is 0 Å². The van der Waals surface area contributed by atoms with Gasteiger partial charge in [-0.2, -0.15) is 13.2 Å². The summed E-state index contributed by atoms with van der Waals surface area (Å²) in [7, 11) is 0. The molecule has 11 heteroatoms. The lowest BCUT2D eigenvalue weighted by Crippen LogP contribution is -2.18. The van der Waals surface area contributed by atoms with Crippen molar-refractivity contribution in [2.75, 3.05) is 11.6 Å². The van der Waals surface area contributed by atoms with Gasteiger partial charge < -0.3 is 10.1 Å². The molecule has 0 unspecified atom stereocenters. The van der Waals surface area contributed by atoms with E-state index in [0.29, 0.717) is 11.8 Å². The summed E-state index contributed by atoms with van der Waals surface area (Å²) in [5.74, 6) is -2.41. The van der Waals surface area contributed by atoms with Crippen molar-refractivity contribution in [2.45, 2.75) is 11.1 Å². The molecule has 0 aliphatic carbocycles. The molecule has 0 atom stereocenters. The maximum absolute atomic E-state index is 13.5. The van der Waals surface area contributed by atoms with Crippen LogP contribution in [-0.2, 0) is 6.18 Å². The van der Waals surface area contributed by atoms with E-state index < -0.39 is 35.0 Å². The minimum absolute atomic E-state index is 0.0304. The molecule has 3 aromatic rings. The van der Waals surface area contributed by atoms with E-state index in [1.54, 1.807) is 24.3 Å². The first-order valence-electron chi connectivity index (χ1n) is 8.20. The molecule has 5 nitrogen and oxygen atoms in total. The minimum atomic E-state index is -4.84. The average Bonchev–Trinajstić information content (AvgIpc) is 2.70. The molecule has 30 heavy (non-hydrogen) atoms. The molecule has 0 aliphatic rings. The molecule has 2 aromatic carbocycles. The van der Waals surface area contributed by atoms with E-state index in [-0.39, 0.29) is 10.8 Å². The largest absolute Gasteiger partial charge is 0.435 e. The van der Waals surface area contributed by atoms with E-state index >= 15 is 0 Å². The van der Waals surface area contributed by atoms with Crippen molar-refractivity contribution in [1.82, 2.24) is 10.2 Å². The Morgan fingerprint density at radius 3 is 2.60 bits per heavy atom. The first kappa shape index (κ1) is 21.8. The summed E-state index contributed by atoms with van der Waals surface area (Å²) >= 11 is 7.34. The fourth-order valence-electron chi connectivity index (χ4n) is 2.32. The second-order valence-electron chi connectivity index (χ2n) is 5.81. The summed E-state index contributed by atoms with van der Waals surface area (Å²) < 4.78 is 58.1. The average molecular weight is 458 g/mol. The second kappa shape index (κ2) is 8.88. The van der Waals surface area contributed by atoms with Crippen LogP contribution in [0.3, 0.4) is 0 Å². The fourth-order valence-corrected chi connectivity index (χ4v) is 2.93. The monoisotopic (exact) mass is 457 g/mol. The third-order valence-corrected chi connectivity index (χ3v) is 4.76. The number of carbonyl (C=O) groups is 1. The predicted molar refractivity (Wildman–Crippen MR) is 105 cm³/mol. The van der Waals surface area contributed by atoms with Crippen molar-refractivity contribution in [2.24, 2.45) is 0 Å². The third-order valence-electron chi connectivity index (χ3n) is 3.72. The number of alkyl halides is 3. The van der Waals surface area contributed by atoms with Crippen LogP contribution in [0.5, 0.6) is 11.6 Å². The zero-order chi connectivity index (χ0) is 21.9. The van der Waals surface area contributed by atoms with Gasteiger partial charge in [-0.3, -0.25) is 4.79 Å². The topological polar surface area (TPSA) is 64.1 Å². The summed E-state index contributed by atoms with van der Waals surface area (Å²) in [5.41, 5.74) is -1.58. The molecule has 3 rings (SSSR count). The number of hydrogen-bond acceptors (Lipinski definition) is 5. The lowest BCUT2D eigenvalue weighted by molar-refractivity contribution is -0.141. The number of thioether (sulfide) groups is 1. The Hall–Kier alpha value is -2.85. The molecule has 0 bridgehead atoms. The number of nitrogens with one attached hydrogen (secondary N) is 1. The van der Waals surface area contributed by atoms with Crippen molar-refractivity contribution in [3.05, 3.63) is 70.6 Å². The number of halogens is 5. The molecule has 0 aliphatic heterocycles. The molecule has 1 N–H and O–H groups in total. The number of ether oxygens (including phenoxy) is 1. The highest BCUT2D eigenvalue weighted by Gasteiger charge is 2.35. The van der Waals surface area contributed by atoms with Crippen molar-refractivity contribution in [3.8, 4) is 11.6 Å². The van der Waals surface area contributed by atoms with E-state index in [1.165, 1.54) is 17.8 Å². The smallest absolute Gasteiger partial charge is 0.435 e. The van der Waals surface area contributed by atoms with Gasteiger partial charge in [0.15, 0.2) is 11.4 Å². The fraction of sp³-hybridized carbons (Fsp3) is 0.105. The molecule has 156 valence electrons. The highest BCUT2D eigenvalue weighted by molar-refractivity contribution is 7.98. The number of anilines is 1. The van der Waals surface area contributed by atoms with Gasteiger partial charge in [0.05, 0.1) is 5.02 Å². The molecule has 0 saturated carbocycles. The third kappa shape index (κ3) is 5.19. The zero-order valence-corrected chi connectivity index (χ0v) is 16.7. The van der Waals surface area contributed by atoms with Crippen LogP contribution in [0.4, 0.5) is 23.2 Å². The van der Waals surface area contributed by atoms with Crippen LogP contribution in [-0.4, -0.2) is 22.4 Å². The first-order chi connectivity index (χ1) is 14.2. The van der Waals surface area contributed by atoms with Crippen LogP contribution in [0.15, 0.2) is 53.4 Å². The quantitative estimate of drug-likeness (QED) is 0.373. The molecule has 0 radical (unpaired) electrons. The highest BCUT2D eigenvalue weighted by atomic mass is 35.5. The van der Waals surface area contributed by atoms with Crippen LogP contribution in [0.2, 0.25) is 5.02 Å². The Bertz CT molecular complexity index is 1100. The SMILES string of the molecule is CSc1cccc(NC(=O)c2cc(C(F)(F)F)nnc2Oc2cc(F)ccc2Cl)c1. The molecule has 1 aromatic heterocycles. The van der Waals surface area contributed by atoms with Gasteiger partial charge in [-0.05, 0) is 42.7 Å². The van der Waals surface area contributed by atoms with E-state index in [2.05, 4.69) is 15.5 Å². The Morgan fingerprint density at radius 2 is 1.90 bits per heavy atom. The number of aromatic nitrogens is 2. The van der Waals surface area contributed by atoms with Crippen LogP contribution >= 0.6 is 23.4 Å². The Kier molecular flexibility index (Phi) is 6.47. The highest BCUT2D eigenvalue weighted by Crippen LogP contribution is 2.34. The first-order valence-corrected chi connectivity index (χ1v) is 9.81. The van der Waals surface area contributed by atoms with Crippen LogP contribution < -0.4 is 10.1 Å². The Balaban J connectivity index is 2.00. The molecule has 1 amide bonds.